The monoisotopic (exact) mass is 188 g/mol. The van der Waals surface area contributed by atoms with E-state index in [1.165, 1.54) is 0 Å². The topological polar surface area (TPSA) is 34.1 Å². The van der Waals surface area contributed by atoms with Gasteiger partial charge in [-0.25, -0.2) is 0 Å². The van der Waals surface area contributed by atoms with E-state index >= 15 is 0 Å². The molecule has 0 aromatic heterocycles. The maximum atomic E-state index is 11.6. The van der Waals surface area contributed by atoms with Crippen LogP contribution in [0.15, 0.2) is 24.3 Å². The molecule has 0 saturated heterocycles. The number of rotatable bonds is 2. The molecule has 0 bridgehead atoms. The molecule has 0 saturated carbocycles. The van der Waals surface area contributed by atoms with Crippen molar-refractivity contribution in [2.45, 2.75) is 25.7 Å². The van der Waals surface area contributed by atoms with Crippen LogP contribution in [0.4, 0.5) is 0 Å². The molecule has 72 valence electrons. The Morgan fingerprint density at radius 3 is 2.86 bits per heavy atom. The van der Waals surface area contributed by atoms with Crippen LogP contribution in [0.5, 0.6) is 0 Å². The van der Waals surface area contributed by atoms with Crippen molar-refractivity contribution < 1.29 is 9.59 Å². The zero-order valence-corrected chi connectivity index (χ0v) is 8.12. The van der Waals surface area contributed by atoms with Gasteiger partial charge in [-0.15, -0.1) is 0 Å². The summed E-state index contributed by atoms with van der Waals surface area (Å²) in [5.41, 5.74) is 1.66. The molecule has 0 aliphatic heterocycles. The zero-order chi connectivity index (χ0) is 10.1. The number of Topliss-reactive ketones (excluding diaryl/α,β-unsaturated/α-hetero) is 2. The molecule has 2 nitrogen and oxygen atoms in total. The van der Waals surface area contributed by atoms with Crippen LogP contribution in [0.25, 0.3) is 0 Å². The van der Waals surface area contributed by atoms with Crippen molar-refractivity contribution >= 4 is 11.6 Å². The quantitative estimate of drug-likeness (QED) is 0.713. The third-order valence-electron chi connectivity index (χ3n) is 2.76. The van der Waals surface area contributed by atoms with Gasteiger partial charge in [0.15, 0.2) is 5.78 Å². The maximum absolute atomic E-state index is 11.6. The Morgan fingerprint density at radius 1 is 1.43 bits per heavy atom. The lowest BCUT2D eigenvalue weighted by molar-refractivity contribution is -0.120. The fraction of sp³-hybridized carbons (Fsp3) is 0.333. The Kier molecular flexibility index (Phi) is 2.20. The summed E-state index contributed by atoms with van der Waals surface area (Å²) in [7, 11) is 0. The van der Waals surface area contributed by atoms with Crippen molar-refractivity contribution in [3.8, 4) is 0 Å². The molecule has 1 aromatic carbocycles. The van der Waals surface area contributed by atoms with Gasteiger partial charge in [0.05, 0.1) is 5.92 Å². The first kappa shape index (κ1) is 9.13. The highest BCUT2D eigenvalue weighted by Crippen LogP contribution is 2.33. The first-order valence-corrected chi connectivity index (χ1v) is 4.89. The van der Waals surface area contributed by atoms with Gasteiger partial charge in [-0.3, -0.25) is 9.59 Å². The third-order valence-corrected chi connectivity index (χ3v) is 2.76. The van der Waals surface area contributed by atoms with Crippen LogP contribution < -0.4 is 0 Å². The summed E-state index contributed by atoms with van der Waals surface area (Å²) in [6.45, 7) is 1.84. The van der Waals surface area contributed by atoms with E-state index in [1.54, 1.807) is 6.07 Å². The minimum absolute atomic E-state index is 0.104. The molecule has 0 N–H and O–H groups in total. The lowest BCUT2D eigenvalue weighted by Crippen LogP contribution is -2.08. The highest BCUT2D eigenvalue weighted by molar-refractivity contribution is 6.07. The highest BCUT2D eigenvalue weighted by Gasteiger charge is 2.32. The molecule has 2 rings (SSSR count). The molecule has 0 amide bonds. The molecular formula is C12H12O2. The average molecular weight is 188 g/mol. The molecule has 1 aliphatic carbocycles. The molecule has 0 fully saturated rings. The number of carbonyl (C=O) groups is 2. The van der Waals surface area contributed by atoms with Gasteiger partial charge < -0.3 is 0 Å². The second-order valence-corrected chi connectivity index (χ2v) is 3.59. The molecule has 0 spiro atoms. The molecule has 14 heavy (non-hydrogen) atoms. The lowest BCUT2D eigenvalue weighted by Gasteiger charge is -2.06. The van der Waals surface area contributed by atoms with E-state index in [0.29, 0.717) is 12.8 Å². The fourth-order valence-corrected chi connectivity index (χ4v) is 1.99. The van der Waals surface area contributed by atoms with Crippen LogP contribution in [0.2, 0.25) is 0 Å². The molecule has 2 heteroatoms. The molecule has 1 atom stereocenters. The van der Waals surface area contributed by atoms with E-state index in [1.807, 2.05) is 25.1 Å². The minimum Gasteiger partial charge on any atom is -0.299 e. The predicted octanol–water partition coefficient (Wildman–Crippen LogP) is 2.34. The minimum atomic E-state index is -0.177. The SMILES string of the molecule is CCC(=O)C1CC(=O)c2ccccc21. The van der Waals surface area contributed by atoms with Gasteiger partial charge in [0.2, 0.25) is 0 Å². The summed E-state index contributed by atoms with van der Waals surface area (Å²) >= 11 is 0. The van der Waals surface area contributed by atoms with Crippen LogP contribution >= 0.6 is 0 Å². The van der Waals surface area contributed by atoms with Crippen LogP contribution in [0.3, 0.4) is 0 Å². The maximum Gasteiger partial charge on any atom is 0.164 e. The van der Waals surface area contributed by atoms with E-state index in [4.69, 9.17) is 0 Å². The van der Waals surface area contributed by atoms with Gasteiger partial charge in [-0.2, -0.15) is 0 Å². The van der Waals surface area contributed by atoms with E-state index in [0.717, 1.165) is 11.1 Å². The van der Waals surface area contributed by atoms with Crippen LogP contribution in [0, 0.1) is 0 Å². The van der Waals surface area contributed by atoms with Crippen molar-refractivity contribution in [3.63, 3.8) is 0 Å². The van der Waals surface area contributed by atoms with Crippen LogP contribution in [-0.4, -0.2) is 11.6 Å². The molecule has 0 heterocycles. The van der Waals surface area contributed by atoms with Crippen molar-refractivity contribution in [2.75, 3.05) is 0 Å². The zero-order valence-electron chi connectivity index (χ0n) is 8.12. The van der Waals surface area contributed by atoms with Crippen molar-refractivity contribution in [3.05, 3.63) is 35.4 Å². The van der Waals surface area contributed by atoms with Gasteiger partial charge >= 0.3 is 0 Å². The van der Waals surface area contributed by atoms with Crippen LogP contribution in [0.1, 0.15) is 41.6 Å². The van der Waals surface area contributed by atoms with E-state index in [9.17, 15) is 9.59 Å². The lowest BCUT2D eigenvalue weighted by atomic mass is 9.95. The normalized spacial score (nSPS) is 19.5. The van der Waals surface area contributed by atoms with Gasteiger partial charge in [0, 0.05) is 18.4 Å². The molecule has 0 radical (unpaired) electrons. The van der Waals surface area contributed by atoms with Gasteiger partial charge in [0.25, 0.3) is 0 Å². The molecule has 1 aliphatic rings. The summed E-state index contributed by atoms with van der Waals surface area (Å²) in [4.78, 5) is 23.1. The second-order valence-electron chi connectivity index (χ2n) is 3.59. The second kappa shape index (κ2) is 3.37. The summed E-state index contributed by atoms with van der Waals surface area (Å²) in [6, 6.07) is 7.42. The Balaban J connectivity index is 2.44. The Morgan fingerprint density at radius 2 is 2.14 bits per heavy atom. The Hall–Kier alpha value is -1.44. The molecule has 1 aromatic rings. The number of benzene rings is 1. The largest absolute Gasteiger partial charge is 0.299 e. The first-order valence-electron chi connectivity index (χ1n) is 4.89. The van der Waals surface area contributed by atoms with Gasteiger partial charge in [-0.05, 0) is 5.56 Å². The smallest absolute Gasteiger partial charge is 0.164 e. The molecular weight excluding hydrogens is 176 g/mol. The summed E-state index contributed by atoms with van der Waals surface area (Å²) in [5.74, 6) is 0.0967. The summed E-state index contributed by atoms with van der Waals surface area (Å²) < 4.78 is 0. The van der Waals surface area contributed by atoms with Crippen molar-refractivity contribution in [1.82, 2.24) is 0 Å². The van der Waals surface area contributed by atoms with Crippen molar-refractivity contribution in [1.29, 1.82) is 0 Å². The molecule has 1 unspecified atom stereocenters. The number of fused-ring (bicyclic) bond motifs is 1. The highest BCUT2D eigenvalue weighted by atomic mass is 16.1. The Labute approximate surface area is 82.9 Å². The number of ketones is 2. The van der Waals surface area contributed by atoms with Gasteiger partial charge in [-0.1, -0.05) is 31.2 Å². The third kappa shape index (κ3) is 1.27. The standard InChI is InChI=1S/C12H12O2/c1-2-11(13)10-7-12(14)9-6-4-3-5-8(9)10/h3-6,10H,2,7H2,1H3. The number of hydrogen-bond acceptors (Lipinski definition) is 2. The average Bonchev–Trinajstić information content (AvgIpc) is 2.56. The van der Waals surface area contributed by atoms with E-state index < -0.39 is 0 Å². The van der Waals surface area contributed by atoms with Crippen molar-refractivity contribution in [2.24, 2.45) is 0 Å². The first-order chi connectivity index (χ1) is 6.74. The number of hydrogen-bond donors (Lipinski definition) is 0. The van der Waals surface area contributed by atoms with Crippen LogP contribution in [-0.2, 0) is 4.79 Å². The fourth-order valence-electron chi connectivity index (χ4n) is 1.99. The van der Waals surface area contributed by atoms with Gasteiger partial charge in [0.1, 0.15) is 5.78 Å². The number of carbonyl (C=O) groups excluding carboxylic acids is 2. The predicted molar refractivity (Wildman–Crippen MR) is 53.4 cm³/mol. The van der Waals surface area contributed by atoms with E-state index in [-0.39, 0.29) is 17.5 Å². The summed E-state index contributed by atoms with van der Waals surface area (Å²) in [6.07, 6.45) is 0.873. The van der Waals surface area contributed by atoms with E-state index in [2.05, 4.69) is 0 Å². The Bertz CT molecular complexity index is 393. The summed E-state index contributed by atoms with van der Waals surface area (Å²) in [5, 5.41) is 0.